The SMILES string of the molecule is CC1CCN(S(=O)(=O)c2ccc(NC(=O)C(F)(F)F)cc2)CC1. The maximum Gasteiger partial charge on any atom is 0.471 e. The normalized spacial score (nSPS) is 17.9. The smallest absolute Gasteiger partial charge is 0.318 e. The van der Waals surface area contributed by atoms with Crippen LogP contribution in [0.25, 0.3) is 0 Å². The van der Waals surface area contributed by atoms with Gasteiger partial charge < -0.3 is 5.32 Å². The van der Waals surface area contributed by atoms with Crippen LogP contribution in [0, 0.1) is 5.92 Å². The standard InChI is InChI=1S/C14H17F3N2O3S/c1-10-6-8-19(9-7-10)23(21,22)12-4-2-11(3-5-12)18-13(20)14(15,16)17/h2-5,10H,6-9H2,1H3,(H,18,20). The number of benzene rings is 1. The Morgan fingerprint density at radius 1 is 1.17 bits per heavy atom. The zero-order valence-electron chi connectivity index (χ0n) is 12.4. The number of nitrogens with zero attached hydrogens (tertiary/aromatic N) is 1. The van der Waals surface area contributed by atoms with E-state index >= 15 is 0 Å². The van der Waals surface area contributed by atoms with Crippen molar-refractivity contribution in [3.8, 4) is 0 Å². The zero-order valence-corrected chi connectivity index (χ0v) is 13.2. The molecule has 0 saturated carbocycles. The highest BCUT2D eigenvalue weighted by Gasteiger charge is 2.38. The summed E-state index contributed by atoms with van der Waals surface area (Å²) in [5.74, 6) is -1.63. The average molecular weight is 350 g/mol. The first-order chi connectivity index (χ1) is 10.6. The summed E-state index contributed by atoms with van der Waals surface area (Å²) in [5, 5.41) is 1.67. The molecule has 0 spiro atoms. The Bertz CT molecular complexity index is 664. The molecule has 0 atom stereocenters. The molecule has 1 aromatic carbocycles. The lowest BCUT2D eigenvalue weighted by molar-refractivity contribution is -0.167. The van der Waals surface area contributed by atoms with Crippen LogP contribution in [0.5, 0.6) is 0 Å². The number of anilines is 1. The lowest BCUT2D eigenvalue weighted by Gasteiger charge is -2.29. The van der Waals surface area contributed by atoms with E-state index in [1.54, 1.807) is 5.32 Å². The van der Waals surface area contributed by atoms with E-state index in [0.717, 1.165) is 25.0 Å². The summed E-state index contributed by atoms with van der Waals surface area (Å²) < 4.78 is 62.8. The molecule has 0 unspecified atom stereocenters. The molecule has 0 bridgehead atoms. The quantitative estimate of drug-likeness (QED) is 0.911. The van der Waals surface area contributed by atoms with Crippen LogP contribution in [0.1, 0.15) is 19.8 Å². The van der Waals surface area contributed by atoms with Crippen molar-refractivity contribution < 1.29 is 26.4 Å². The number of rotatable bonds is 3. The van der Waals surface area contributed by atoms with Crippen molar-refractivity contribution in [2.45, 2.75) is 30.8 Å². The van der Waals surface area contributed by atoms with Gasteiger partial charge in [0.1, 0.15) is 0 Å². The second-order valence-corrected chi connectivity index (χ2v) is 7.50. The Morgan fingerprint density at radius 2 is 1.70 bits per heavy atom. The van der Waals surface area contributed by atoms with Gasteiger partial charge in [0.25, 0.3) is 0 Å². The van der Waals surface area contributed by atoms with Crippen LogP contribution in [0.15, 0.2) is 29.2 Å². The maximum absolute atomic E-state index is 12.4. The Balaban J connectivity index is 2.11. The van der Waals surface area contributed by atoms with Gasteiger partial charge in [-0.2, -0.15) is 17.5 Å². The van der Waals surface area contributed by atoms with Gasteiger partial charge in [-0.15, -0.1) is 0 Å². The van der Waals surface area contributed by atoms with Crippen LogP contribution in [0.4, 0.5) is 18.9 Å². The highest BCUT2D eigenvalue weighted by molar-refractivity contribution is 7.89. The molecule has 1 heterocycles. The van der Waals surface area contributed by atoms with Crippen molar-refractivity contribution in [1.82, 2.24) is 4.31 Å². The number of hydrogen-bond donors (Lipinski definition) is 1. The summed E-state index contributed by atoms with van der Waals surface area (Å²) in [6, 6.07) is 4.67. The first-order valence-electron chi connectivity index (χ1n) is 7.09. The number of carbonyl (C=O) groups excluding carboxylic acids is 1. The van der Waals surface area contributed by atoms with Crippen LogP contribution < -0.4 is 5.32 Å². The molecular formula is C14H17F3N2O3S. The van der Waals surface area contributed by atoms with Gasteiger partial charge >= 0.3 is 12.1 Å². The fourth-order valence-corrected chi connectivity index (χ4v) is 3.76. The Labute approximate surface area is 132 Å². The van der Waals surface area contributed by atoms with Crippen molar-refractivity contribution in [1.29, 1.82) is 0 Å². The first kappa shape index (κ1) is 17.7. The minimum absolute atomic E-state index is 0.00272. The molecule has 5 nitrogen and oxygen atoms in total. The molecular weight excluding hydrogens is 333 g/mol. The summed E-state index contributed by atoms with van der Waals surface area (Å²) in [6.45, 7) is 2.91. The van der Waals surface area contributed by atoms with E-state index < -0.39 is 22.1 Å². The number of carbonyl (C=O) groups is 1. The van der Waals surface area contributed by atoms with Gasteiger partial charge in [-0.05, 0) is 43.0 Å². The van der Waals surface area contributed by atoms with Crippen molar-refractivity contribution in [3.05, 3.63) is 24.3 Å². The van der Waals surface area contributed by atoms with Gasteiger partial charge in [0, 0.05) is 18.8 Å². The van der Waals surface area contributed by atoms with Crippen LogP contribution >= 0.6 is 0 Å². The lowest BCUT2D eigenvalue weighted by atomic mass is 10.0. The predicted molar refractivity (Wildman–Crippen MR) is 78.3 cm³/mol. The van der Waals surface area contributed by atoms with Crippen LogP contribution in [0.2, 0.25) is 0 Å². The maximum atomic E-state index is 12.4. The topological polar surface area (TPSA) is 66.5 Å². The molecule has 1 saturated heterocycles. The summed E-state index contributed by atoms with van der Waals surface area (Å²) in [4.78, 5) is 10.8. The number of nitrogens with one attached hydrogen (secondary N) is 1. The fourth-order valence-electron chi connectivity index (χ4n) is 2.29. The molecule has 1 aliphatic heterocycles. The van der Waals surface area contributed by atoms with Gasteiger partial charge in [0.2, 0.25) is 10.0 Å². The van der Waals surface area contributed by atoms with Crippen LogP contribution in [0.3, 0.4) is 0 Å². The Morgan fingerprint density at radius 3 is 2.17 bits per heavy atom. The number of piperidine rings is 1. The molecule has 1 fully saturated rings. The van der Waals surface area contributed by atoms with Gasteiger partial charge in [-0.25, -0.2) is 8.42 Å². The molecule has 1 aromatic rings. The third-order valence-electron chi connectivity index (χ3n) is 3.75. The highest BCUT2D eigenvalue weighted by atomic mass is 32.2. The Kier molecular flexibility index (Phi) is 5.00. The minimum Gasteiger partial charge on any atom is -0.318 e. The molecule has 1 N–H and O–H groups in total. The fraction of sp³-hybridized carbons (Fsp3) is 0.500. The van der Waals surface area contributed by atoms with E-state index in [1.165, 1.54) is 16.4 Å². The third kappa shape index (κ3) is 4.23. The molecule has 0 aromatic heterocycles. The summed E-state index contributed by atoms with van der Waals surface area (Å²) in [5.41, 5.74) is -0.112. The molecule has 0 aliphatic carbocycles. The van der Waals surface area contributed by atoms with Crippen molar-refractivity contribution in [2.24, 2.45) is 5.92 Å². The molecule has 1 amide bonds. The molecule has 23 heavy (non-hydrogen) atoms. The predicted octanol–water partition coefficient (Wildman–Crippen LogP) is 2.61. The second-order valence-electron chi connectivity index (χ2n) is 5.56. The second kappa shape index (κ2) is 6.48. The van der Waals surface area contributed by atoms with E-state index in [4.69, 9.17) is 0 Å². The van der Waals surface area contributed by atoms with Crippen LogP contribution in [-0.2, 0) is 14.8 Å². The van der Waals surface area contributed by atoms with Crippen molar-refractivity contribution in [3.63, 3.8) is 0 Å². The largest absolute Gasteiger partial charge is 0.471 e. The molecule has 1 aliphatic rings. The molecule has 0 radical (unpaired) electrons. The highest BCUT2D eigenvalue weighted by Crippen LogP contribution is 2.25. The van der Waals surface area contributed by atoms with E-state index in [0.29, 0.717) is 19.0 Å². The minimum atomic E-state index is -4.99. The summed E-state index contributed by atoms with van der Waals surface area (Å²) >= 11 is 0. The molecule has 2 rings (SSSR count). The van der Waals surface area contributed by atoms with Crippen molar-refractivity contribution >= 4 is 21.6 Å². The monoisotopic (exact) mass is 350 g/mol. The van der Waals surface area contributed by atoms with E-state index in [1.807, 2.05) is 0 Å². The first-order valence-corrected chi connectivity index (χ1v) is 8.53. The van der Waals surface area contributed by atoms with Crippen molar-refractivity contribution in [2.75, 3.05) is 18.4 Å². The molecule has 9 heteroatoms. The van der Waals surface area contributed by atoms with E-state index in [9.17, 15) is 26.4 Å². The number of halogens is 3. The van der Waals surface area contributed by atoms with E-state index in [2.05, 4.69) is 6.92 Å². The third-order valence-corrected chi connectivity index (χ3v) is 5.66. The van der Waals surface area contributed by atoms with Crippen LogP contribution in [-0.4, -0.2) is 37.9 Å². The van der Waals surface area contributed by atoms with E-state index in [-0.39, 0.29) is 10.6 Å². The summed E-state index contributed by atoms with van der Waals surface area (Å²) in [7, 11) is -3.66. The van der Waals surface area contributed by atoms with Gasteiger partial charge in [0.15, 0.2) is 0 Å². The lowest BCUT2D eigenvalue weighted by Crippen LogP contribution is -2.37. The Hall–Kier alpha value is -1.61. The van der Waals surface area contributed by atoms with Gasteiger partial charge in [-0.1, -0.05) is 6.92 Å². The number of hydrogen-bond acceptors (Lipinski definition) is 3. The summed E-state index contributed by atoms with van der Waals surface area (Å²) in [6.07, 6.45) is -3.44. The number of sulfonamides is 1. The number of alkyl halides is 3. The van der Waals surface area contributed by atoms with Gasteiger partial charge in [0.05, 0.1) is 4.90 Å². The molecule has 128 valence electrons. The zero-order chi connectivity index (χ0) is 17.3. The van der Waals surface area contributed by atoms with Gasteiger partial charge in [-0.3, -0.25) is 4.79 Å². The number of amides is 1. The average Bonchev–Trinajstić information content (AvgIpc) is 2.47.